The Labute approximate surface area is 219 Å². The van der Waals surface area contributed by atoms with Crippen LogP contribution in [0.4, 0.5) is 5.69 Å². The Morgan fingerprint density at radius 3 is 2.78 bits per heavy atom. The van der Waals surface area contributed by atoms with Crippen molar-refractivity contribution in [3.05, 3.63) is 47.4 Å². The van der Waals surface area contributed by atoms with Crippen molar-refractivity contribution in [2.24, 2.45) is 5.92 Å². The van der Waals surface area contributed by atoms with Crippen LogP contribution < -0.4 is 5.32 Å². The number of amides is 2. The minimum Gasteiger partial charge on any atom is -0.327 e. The van der Waals surface area contributed by atoms with Gasteiger partial charge in [-0.25, -0.2) is 4.98 Å². The molecule has 2 amide bonds. The molecule has 0 radical (unpaired) electrons. The largest absolute Gasteiger partial charge is 0.327 e. The minimum absolute atomic E-state index is 0.157. The molecule has 0 bridgehead atoms. The minimum atomic E-state index is -0.658. The normalized spacial score (nSPS) is 21.5. The van der Waals surface area contributed by atoms with Gasteiger partial charge in [-0.15, -0.1) is 11.3 Å². The highest BCUT2D eigenvalue weighted by atomic mass is 32.1. The summed E-state index contributed by atoms with van der Waals surface area (Å²) in [6, 6.07) is 6.20. The molecule has 0 aliphatic carbocycles. The molecular weight excluding hydrogens is 486 g/mol. The van der Waals surface area contributed by atoms with E-state index in [1.54, 1.807) is 28.6 Å². The second-order valence-electron chi connectivity index (χ2n) is 10.5. The third-order valence-corrected chi connectivity index (χ3v) is 8.97. The summed E-state index contributed by atoms with van der Waals surface area (Å²) in [6.07, 6.45) is 8.89. The molecule has 2 aliphatic heterocycles. The molecule has 6 rings (SSSR count). The van der Waals surface area contributed by atoms with Crippen LogP contribution in [-0.4, -0.2) is 68.5 Å². The van der Waals surface area contributed by atoms with E-state index in [1.807, 2.05) is 0 Å². The number of hydrogen-bond acceptors (Lipinski definition) is 7. The number of H-pyrrole nitrogens is 1. The van der Waals surface area contributed by atoms with Gasteiger partial charge in [0.05, 0.1) is 51.1 Å². The number of pyridine rings is 1. The molecule has 2 N–H and O–H groups in total. The zero-order chi connectivity index (χ0) is 25.5. The molecule has 192 valence electrons. The molecular formula is C27H31N7O2S. The fourth-order valence-corrected chi connectivity index (χ4v) is 6.71. The molecule has 5 heterocycles. The number of rotatable bonds is 3. The monoisotopic (exact) mass is 517 g/mol. The molecule has 0 saturated carbocycles. The van der Waals surface area contributed by atoms with Crippen molar-refractivity contribution < 1.29 is 9.59 Å². The van der Waals surface area contributed by atoms with E-state index in [-0.39, 0.29) is 6.04 Å². The lowest BCUT2D eigenvalue weighted by Gasteiger charge is -2.38. The standard InChI is InChI=1S/C27H31N7O2S/c1-16-3-5-23(18-4-6-24-20(11-18)31-26(37-24)17-7-9-33(2)10-8-17)34(15-16)27(36)25(35)30-21-13-28-14-22-19(21)12-29-32-22/h4,6,11-14,16-17,23H,3,5,7-10,15H2,1-2H3,(H,29,32)(H,30,35). The maximum absolute atomic E-state index is 13.5. The van der Waals surface area contributed by atoms with E-state index in [0.29, 0.717) is 35.0 Å². The van der Waals surface area contributed by atoms with E-state index < -0.39 is 11.8 Å². The Hall–Kier alpha value is -3.37. The van der Waals surface area contributed by atoms with E-state index >= 15 is 0 Å². The lowest BCUT2D eigenvalue weighted by atomic mass is 9.89. The number of aromatic nitrogens is 4. The lowest BCUT2D eigenvalue weighted by Crippen LogP contribution is -2.46. The van der Waals surface area contributed by atoms with Gasteiger partial charge in [0.2, 0.25) is 0 Å². The summed E-state index contributed by atoms with van der Waals surface area (Å²) in [5.74, 6) is -0.342. The molecule has 37 heavy (non-hydrogen) atoms. The van der Waals surface area contributed by atoms with Crippen LogP contribution in [0.15, 0.2) is 36.8 Å². The summed E-state index contributed by atoms with van der Waals surface area (Å²) in [5.41, 5.74) is 3.20. The predicted octanol–water partition coefficient (Wildman–Crippen LogP) is 4.32. The van der Waals surface area contributed by atoms with Gasteiger partial charge in [0.25, 0.3) is 0 Å². The van der Waals surface area contributed by atoms with Crippen molar-refractivity contribution in [3.8, 4) is 0 Å². The fourth-order valence-electron chi connectivity index (χ4n) is 5.59. The highest BCUT2D eigenvalue weighted by Crippen LogP contribution is 2.38. The van der Waals surface area contributed by atoms with Gasteiger partial charge < -0.3 is 15.1 Å². The number of likely N-dealkylation sites (tertiary alicyclic amines) is 2. The molecule has 10 heteroatoms. The number of carbonyl (C=O) groups excluding carboxylic acids is 2. The van der Waals surface area contributed by atoms with E-state index in [2.05, 4.69) is 57.6 Å². The van der Waals surface area contributed by atoms with Crippen LogP contribution in [0.3, 0.4) is 0 Å². The number of nitrogens with one attached hydrogen (secondary N) is 2. The van der Waals surface area contributed by atoms with Crippen LogP contribution in [0.5, 0.6) is 0 Å². The topological polar surface area (TPSA) is 107 Å². The van der Waals surface area contributed by atoms with Crippen LogP contribution in [-0.2, 0) is 9.59 Å². The number of carbonyl (C=O) groups is 2. The summed E-state index contributed by atoms with van der Waals surface area (Å²) in [6.45, 7) is 4.88. The van der Waals surface area contributed by atoms with Crippen molar-refractivity contribution in [3.63, 3.8) is 0 Å². The van der Waals surface area contributed by atoms with Crippen LogP contribution in [0, 0.1) is 5.92 Å². The first-order valence-corrected chi connectivity index (χ1v) is 13.8. The third kappa shape index (κ3) is 4.71. The molecule has 2 aliphatic rings. The smallest absolute Gasteiger partial charge is 0.313 e. The Kier molecular flexibility index (Phi) is 6.37. The lowest BCUT2D eigenvalue weighted by molar-refractivity contribution is -0.146. The van der Waals surface area contributed by atoms with Gasteiger partial charge in [0.15, 0.2) is 0 Å². The Bertz CT molecular complexity index is 1460. The van der Waals surface area contributed by atoms with Crippen molar-refractivity contribution in [1.82, 2.24) is 30.0 Å². The Balaban J connectivity index is 1.24. The zero-order valence-electron chi connectivity index (χ0n) is 21.1. The van der Waals surface area contributed by atoms with E-state index in [9.17, 15) is 9.59 Å². The second kappa shape index (κ2) is 9.83. The summed E-state index contributed by atoms with van der Waals surface area (Å²) in [7, 11) is 2.17. The number of nitrogens with zero attached hydrogens (tertiary/aromatic N) is 5. The van der Waals surface area contributed by atoms with Crippen molar-refractivity contribution in [2.75, 3.05) is 32.0 Å². The number of benzene rings is 1. The van der Waals surface area contributed by atoms with Crippen molar-refractivity contribution in [2.45, 2.75) is 44.6 Å². The number of anilines is 1. The van der Waals surface area contributed by atoms with Gasteiger partial charge in [-0.3, -0.25) is 19.7 Å². The average Bonchev–Trinajstić information content (AvgIpc) is 3.56. The van der Waals surface area contributed by atoms with Gasteiger partial charge in [-0.1, -0.05) is 13.0 Å². The molecule has 3 aromatic heterocycles. The number of hydrogen-bond donors (Lipinski definition) is 2. The van der Waals surface area contributed by atoms with Crippen LogP contribution in [0.2, 0.25) is 0 Å². The highest BCUT2D eigenvalue weighted by Gasteiger charge is 2.35. The molecule has 2 fully saturated rings. The maximum atomic E-state index is 13.5. The average molecular weight is 518 g/mol. The summed E-state index contributed by atoms with van der Waals surface area (Å²) in [5, 5.41) is 11.5. The first kappa shape index (κ1) is 24.0. The van der Waals surface area contributed by atoms with Gasteiger partial charge in [-0.2, -0.15) is 5.10 Å². The quantitative estimate of drug-likeness (QED) is 0.392. The first-order chi connectivity index (χ1) is 18.0. The molecule has 2 unspecified atom stereocenters. The first-order valence-electron chi connectivity index (χ1n) is 12.9. The molecule has 2 saturated heterocycles. The van der Waals surface area contributed by atoms with Gasteiger partial charge in [0.1, 0.15) is 0 Å². The molecule has 9 nitrogen and oxygen atoms in total. The van der Waals surface area contributed by atoms with E-state index in [4.69, 9.17) is 4.98 Å². The fraction of sp³-hybridized carbons (Fsp3) is 0.444. The molecule has 4 aromatic rings. The van der Waals surface area contributed by atoms with Crippen molar-refractivity contribution >= 4 is 50.0 Å². The summed E-state index contributed by atoms with van der Waals surface area (Å²) < 4.78 is 1.18. The maximum Gasteiger partial charge on any atom is 0.313 e. The van der Waals surface area contributed by atoms with Crippen LogP contribution in [0.25, 0.3) is 21.1 Å². The van der Waals surface area contributed by atoms with Crippen LogP contribution >= 0.6 is 11.3 Å². The number of piperidine rings is 2. The number of aromatic amines is 1. The number of fused-ring (bicyclic) bond motifs is 2. The summed E-state index contributed by atoms with van der Waals surface area (Å²) in [4.78, 5) is 39.8. The zero-order valence-corrected chi connectivity index (χ0v) is 21.9. The molecule has 2 atom stereocenters. The molecule has 0 spiro atoms. The summed E-state index contributed by atoms with van der Waals surface area (Å²) >= 11 is 1.79. The third-order valence-electron chi connectivity index (χ3n) is 7.77. The predicted molar refractivity (Wildman–Crippen MR) is 144 cm³/mol. The SMILES string of the molecule is CC1CCC(c2ccc3sc(C4CCN(C)CC4)nc3c2)N(C(=O)C(=O)Nc2cncc3[nH]ncc23)C1. The van der Waals surface area contributed by atoms with E-state index in [0.717, 1.165) is 49.9 Å². The van der Waals surface area contributed by atoms with Crippen LogP contribution in [0.1, 0.15) is 55.1 Å². The van der Waals surface area contributed by atoms with E-state index in [1.165, 1.54) is 15.9 Å². The number of thiazole rings is 1. The van der Waals surface area contributed by atoms with Gasteiger partial charge in [-0.05, 0) is 69.4 Å². The van der Waals surface area contributed by atoms with Crippen molar-refractivity contribution in [1.29, 1.82) is 0 Å². The Morgan fingerprint density at radius 1 is 1.11 bits per heavy atom. The van der Waals surface area contributed by atoms with Gasteiger partial charge >= 0.3 is 11.8 Å². The molecule has 1 aromatic carbocycles. The Morgan fingerprint density at radius 2 is 1.95 bits per heavy atom. The van der Waals surface area contributed by atoms with Gasteiger partial charge in [0, 0.05) is 17.8 Å². The highest BCUT2D eigenvalue weighted by molar-refractivity contribution is 7.18. The second-order valence-corrected chi connectivity index (χ2v) is 11.5.